The molecule has 1 rings (SSSR count). The van der Waals surface area contributed by atoms with E-state index in [4.69, 9.17) is 4.74 Å². The van der Waals surface area contributed by atoms with E-state index in [2.05, 4.69) is 10.0 Å². The maximum Gasteiger partial charge on any atom is 0.341 e. The van der Waals surface area contributed by atoms with Gasteiger partial charge < -0.3 is 10.1 Å². The Kier molecular flexibility index (Phi) is 6.64. The molecule has 0 aliphatic carbocycles. The zero-order valence-corrected chi connectivity index (χ0v) is 13.9. The highest BCUT2D eigenvalue weighted by atomic mass is 32.2. The van der Waals surface area contributed by atoms with Gasteiger partial charge in [-0.25, -0.2) is 22.3 Å². The molecule has 1 aromatic carbocycles. The maximum absolute atomic E-state index is 13.7. The van der Waals surface area contributed by atoms with Gasteiger partial charge in [-0.1, -0.05) is 6.92 Å². The molecule has 1 atom stereocenters. The lowest BCUT2D eigenvalue weighted by molar-refractivity contribution is -0.129. The lowest BCUT2D eigenvalue weighted by atomic mass is 10.2. The molecule has 9 heteroatoms. The molecule has 0 bridgehead atoms. The highest BCUT2D eigenvalue weighted by Crippen LogP contribution is 2.16. The molecule has 1 amide bonds. The van der Waals surface area contributed by atoms with Crippen LogP contribution in [-0.2, 0) is 19.6 Å². The van der Waals surface area contributed by atoms with Crippen LogP contribution >= 0.6 is 0 Å². The van der Waals surface area contributed by atoms with E-state index in [0.29, 0.717) is 13.0 Å². The van der Waals surface area contributed by atoms with Crippen molar-refractivity contribution in [3.63, 3.8) is 0 Å². The van der Waals surface area contributed by atoms with Crippen LogP contribution in [0, 0.1) is 5.82 Å². The van der Waals surface area contributed by atoms with Crippen LogP contribution < -0.4 is 10.0 Å². The van der Waals surface area contributed by atoms with Gasteiger partial charge in [0.15, 0.2) is 6.10 Å². The van der Waals surface area contributed by atoms with Crippen LogP contribution in [0.15, 0.2) is 23.1 Å². The van der Waals surface area contributed by atoms with Crippen LogP contribution in [0.2, 0.25) is 0 Å². The minimum Gasteiger partial charge on any atom is -0.449 e. The zero-order valence-electron chi connectivity index (χ0n) is 13.1. The Balaban J connectivity index is 2.96. The Bertz CT molecular complexity index is 690. The van der Waals surface area contributed by atoms with E-state index in [0.717, 1.165) is 18.2 Å². The molecule has 128 valence electrons. The Morgan fingerprint density at radius 3 is 2.57 bits per heavy atom. The normalized spacial score (nSPS) is 12.5. The van der Waals surface area contributed by atoms with Gasteiger partial charge in [0.05, 0.1) is 10.5 Å². The molecule has 1 aromatic rings. The summed E-state index contributed by atoms with van der Waals surface area (Å²) in [6.45, 7) is 3.63. The van der Waals surface area contributed by atoms with E-state index < -0.39 is 39.4 Å². The first kappa shape index (κ1) is 19.0. The number of amides is 1. The highest BCUT2D eigenvalue weighted by molar-refractivity contribution is 7.89. The van der Waals surface area contributed by atoms with Crippen molar-refractivity contribution in [3.8, 4) is 0 Å². The van der Waals surface area contributed by atoms with E-state index in [1.807, 2.05) is 6.92 Å². The van der Waals surface area contributed by atoms with Crippen molar-refractivity contribution in [2.45, 2.75) is 31.3 Å². The van der Waals surface area contributed by atoms with E-state index in [9.17, 15) is 22.4 Å². The van der Waals surface area contributed by atoms with Gasteiger partial charge in [0, 0.05) is 6.54 Å². The van der Waals surface area contributed by atoms with E-state index in [-0.39, 0.29) is 4.90 Å². The average molecular weight is 346 g/mol. The van der Waals surface area contributed by atoms with Gasteiger partial charge in [-0.15, -0.1) is 0 Å². The molecular formula is C14H19FN2O5S. The number of rotatable bonds is 7. The van der Waals surface area contributed by atoms with Crippen molar-refractivity contribution < 1.29 is 27.1 Å². The van der Waals surface area contributed by atoms with Crippen LogP contribution in [-0.4, -0.2) is 40.0 Å². The molecule has 0 saturated heterocycles. The first-order valence-electron chi connectivity index (χ1n) is 6.94. The summed E-state index contributed by atoms with van der Waals surface area (Å²) >= 11 is 0. The molecule has 0 radical (unpaired) electrons. The van der Waals surface area contributed by atoms with E-state index in [1.54, 1.807) is 0 Å². The summed E-state index contributed by atoms with van der Waals surface area (Å²) in [6, 6.07) is 2.73. The number of halogens is 1. The monoisotopic (exact) mass is 346 g/mol. The van der Waals surface area contributed by atoms with Gasteiger partial charge >= 0.3 is 5.97 Å². The maximum atomic E-state index is 13.7. The molecule has 23 heavy (non-hydrogen) atoms. The minimum absolute atomic E-state index is 0.281. The number of nitrogens with one attached hydrogen (secondary N) is 2. The molecule has 1 unspecified atom stereocenters. The first-order chi connectivity index (χ1) is 10.7. The standard InChI is InChI=1S/C14H19FN2O5S/c1-4-7-17-13(18)9(2)22-14(19)11-8-10(5-6-12(11)15)23(20,21)16-3/h5-6,8-9,16H,4,7H2,1-3H3,(H,17,18). The number of hydrogen-bond acceptors (Lipinski definition) is 5. The second-order valence-corrected chi connectivity index (χ2v) is 6.57. The van der Waals surface area contributed by atoms with E-state index in [1.165, 1.54) is 14.0 Å². The van der Waals surface area contributed by atoms with Gasteiger partial charge in [-0.3, -0.25) is 4.79 Å². The molecule has 7 nitrogen and oxygen atoms in total. The highest BCUT2D eigenvalue weighted by Gasteiger charge is 2.23. The van der Waals surface area contributed by atoms with Crippen LogP contribution in [0.5, 0.6) is 0 Å². The van der Waals surface area contributed by atoms with Crippen LogP contribution in [0.4, 0.5) is 4.39 Å². The molecule has 2 N–H and O–H groups in total. The number of esters is 1. The summed E-state index contributed by atoms with van der Waals surface area (Å²) in [5.74, 6) is -2.57. The molecule has 0 heterocycles. The Labute approximate surface area is 134 Å². The first-order valence-corrected chi connectivity index (χ1v) is 8.43. The largest absolute Gasteiger partial charge is 0.449 e. The lowest BCUT2D eigenvalue weighted by Gasteiger charge is -2.14. The minimum atomic E-state index is -3.83. The number of benzene rings is 1. The summed E-state index contributed by atoms with van der Waals surface area (Å²) in [7, 11) is -2.64. The van der Waals surface area contributed by atoms with E-state index >= 15 is 0 Å². The molecule has 0 aliphatic rings. The van der Waals surface area contributed by atoms with Crippen molar-refractivity contribution in [2.75, 3.05) is 13.6 Å². The van der Waals surface area contributed by atoms with Gasteiger partial charge in [0.2, 0.25) is 10.0 Å². The van der Waals surface area contributed by atoms with Gasteiger partial charge in [-0.2, -0.15) is 0 Å². The van der Waals surface area contributed by atoms with Crippen molar-refractivity contribution in [3.05, 3.63) is 29.6 Å². The molecule has 0 saturated carbocycles. The SMILES string of the molecule is CCCNC(=O)C(C)OC(=O)c1cc(S(=O)(=O)NC)ccc1F. The third-order valence-corrected chi connectivity index (χ3v) is 4.35. The Morgan fingerprint density at radius 1 is 1.35 bits per heavy atom. The van der Waals surface area contributed by atoms with Crippen molar-refractivity contribution in [1.29, 1.82) is 0 Å². The Morgan fingerprint density at radius 2 is 2.00 bits per heavy atom. The van der Waals surface area contributed by atoms with Crippen LogP contribution in [0.1, 0.15) is 30.6 Å². The molecule has 0 spiro atoms. The van der Waals surface area contributed by atoms with Gasteiger partial charge in [0.1, 0.15) is 5.82 Å². The summed E-state index contributed by atoms with van der Waals surface area (Å²) in [5, 5.41) is 2.53. The number of ether oxygens (including phenoxy) is 1. The fourth-order valence-electron chi connectivity index (χ4n) is 1.62. The molecule has 0 aliphatic heterocycles. The number of sulfonamides is 1. The molecular weight excluding hydrogens is 327 g/mol. The third kappa shape index (κ3) is 5.00. The molecule has 0 fully saturated rings. The zero-order chi connectivity index (χ0) is 17.6. The van der Waals surface area contributed by atoms with Gasteiger partial charge in [0.25, 0.3) is 5.91 Å². The van der Waals surface area contributed by atoms with Gasteiger partial charge in [-0.05, 0) is 38.6 Å². The summed E-state index contributed by atoms with van der Waals surface area (Å²) in [6.07, 6.45) is -0.414. The smallest absolute Gasteiger partial charge is 0.341 e. The summed E-state index contributed by atoms with van der Waals surface area (Å²) in [4.78, 5) is 23.3. The Hall–Kier alpha value is -2.00. The topological polar surface area (TPSA) is 102 Å². The second kappa shape index (κ2) is 8.02. The summed E-state index contributed by atoms with van der Waals surface area (Å²) in [5.41, 5.74) is -0.559. The van der Waals surface area contributed by atoms with Crippen LogP contribution in [0.3, 0.4) is 0 Å². The number of carbonyl (C=O) groups excluding carboxylic acids is 2. The number of hydrogen-bond donors (Lipinski definition) is 2. The van der Waals surface area contributed by atoms with Crippen molar-refractivity contribution >= 4 is 21.9 Å². The predicted octanol–water partition coefficient (Wildman–Crippen LogP) is 0.805. The van der Waals surface area contributed by atoms with Crippen LogP contribution in [0.25, 0.3) is 0 Å². The van der Waals surface area contributed by atoms with Crippen molar-refractivity contribution in [1.82, 2.24) is 10.0 Å². The quantitative estimate of drug-likeness (QED) is 0.711. The summed E-state index contributed by atoms with van der Waals surface area (Å²) < 4.78 is 44.1. The second-order valence-electron chi connectivity index (χ2n) is 4.69. The fourth-order valence-corrected chi connectivity index (χ4v) is 2.37. The molecule has 0 aromatic heterocycles. The lowest BCUT2D eigenvalue weighted by Crippen LogP contribution is -2.36. The number of carbonyl (C=O) groups is 2. The third-order valence-electron chi connectivity index (χ3n) is 2.94. The average Bonchev–Trinajstić information content (AvgIpc) is 2.52. The van der Waals surface area contributed by atoms with Crippen molar-refractivity contribution in [2.24, 2.45) is 0 Å². The fraction of sp³-hybridized carbons (Fsp3) is 0.429. The predicted molar refractivity (Wildman–Crippen MR) is 80.8 cm³/mol.